The van der Waals surface area contributed by atoms with Crippen molar-refractivity contribution in [2.24, 2.45) is 0 Å². The van der Waals surface area contributed by atoms with Crippen LogP contribution in [0.25, 0.3) is 0 Å². The van der Waals surface area contributed by atoms with E-state index >= 15 is 0 Å². The van der Waals surface area contributed by atoms with Gasteiger partial charge in [-0.1, -0.05) is 46.0 Å². The van der Waals surface area contributed by atoms with E-state index in [1.54, 1.807) is 6.92 Å². The number of aliphatic hydroxyl groups is 3. The highest BCUT2D eigenvalue weighted by Crippen LogP contribution is 2.25. The summed E-state index contributed by atoms with van der Waals surface area (Å²) >= 11 is 0. The van der Waals surface area contributed by atoms with Crippen molar-refractivity contribution in [1.82, 2.24) is 0 Å². The smallest absolute Gasteiger partial charge is 0.397 e. The normalized spacial score (nSPS) is 26.8. The van der Waals surface area contributed by atoms with Gasteiger partial charge in [0.1, 0.15) is 30.5 Å². The first-order valence-electron chi connectivity index (χ1n) is 11.3. The van der Waals surface area contributed by atoms with E-state index in [4.69, 9.17) is 23.5 Å². The Morgan fingerprint density at radius 2 is 1.70 bits per heavy atom. The first kappa shape index (κ1) is 30.1. The van der Waals surface area contributed by atoms with E-state index in [1.807, 2.05) is 0 Å². The van der Waals surface area contributed by atoms with Crippen molar-refractivity contribution in [3.8, 4) is 0 Å². The van der Waals surface area contributed by atoms with Crippen LogP contribution < -0.4 is 0 Å². The molecule has 6 unspecified atom stereocenters. The van der Waals surface area contributed by atoms with Gasteiger partial charge < -0.3 is 34.3 Å². The number of esters is 1. The summed E-state index contributed by atoms with van der Waals surface area (Å²) in [5.74, 6) is -0.492. The maximum absolute atomic E-state index is 11.7. The zero-order valence-electron chi connectivity index (χ0n) is 19.2. The molecule has 4 N–H and O–H groups in total. The summed E-state index contributed by atoms with van der Waals surface area (Å²) in [5, 5.41) is 29.7. The van der Waals surface area contributed by atoms with E-state index < -0.39 is 59.8 Å². The molecule has 0 radical (unpaired) electrons. The maximum atomic E-state index is 11.7. The zero-order valence-corrected chi connectivity index (χ0v) is 20.0. The van der Waals surface area contributed by atoms with Crippen molar-refractivity contribution in [3.63, 3.8) is 0 Å². The molecule has 1 aliphatic heterocycles. The summed E-state index contributed by atoms with van der Waals surface area (Å²) in [7, 11) is -5.02. The van der Waals surface area contributed by atoms with Gasteiger partial charge in [0.15, 0.2) is 6.29 Å². The van der Waals surface area contributed by atoms with Crippen LogP contribution >= 0.6 is 0 Å². The van der Waals surface area contributed by atoms with Crippen LogP contribution in [0.15, 0.2) is 0 Å². The Bertz CT molecular complexity index is 643. The van der Waals surface area contributed by atoms with Crippen LogP contribution in [0.2, 0.25) is 0 Å². The lowest BCUT2D eigenvalue weighted by molar-refractivity contribution is -0.301. The molecule has 0 aromatic rings. The minimum Gasteiger partial charge on any atom is -0.457 e. The molecule has 0 saturated carbocycles. The molecule has 1 heterocycles. The Morgan fingerprint density at radius 3 is 2.30 bits per heavy atom. The highest BCUT2D eigenvalue weighted by Gasteiger charge is 2.47. The van der Waals surface area contributed by atoms with Crippen molar-refractivity contribution in [2.75, 3.05) is 26.4 Å². The number of carbonyl (C=O) groups is 1. The molecule has 1 fully saturated rings. The number of hydrogen-bond acceptors (Lipinski definition) is 11. The molecule has 1 rings (SSSR count). The topological polar surface area (TPSA) is 178 Å². The molecule has 12 nitrogen and oxygen atoms in total. The predicted octanol–water partition coefficient (Wildman–Crippen LogP) is 0.329. The fourth-order valence-corrected chi connectivity index (χ4v) is 3.74. The second kappa shape index (κ2) is 15.9. The number of hydrogen-bond donors (Lipinski definition) is 4. The van der Waals surface area contributed by atoms with Gasteiger partial charge in [-0.25, -0.2) is 4.18 Å². The Morgan fingerprint density at radius 1 is 1.03 bits per heavy atom. The molecule has 0 aromatic heterocycles. The van der Waals surface area contributed by atoms with E-state index in [0.717, 1.165) is 19.3 Å². The highest BCUT2D eigenvalue weighted by molar-refractivity contribution is 7.80. The van der Waals surface area contributed by atoms with Gasteiger partial charge in [-0.3, -0.25) is 9.35 Å². The average Bonchev–Trinajstić information content (AvgIpc) is 2.76. The molecule has 0 bridgehead atoms. The third-order valence-corrected chi connectivity index (χ3v) is 5.50. The van der Waals surface area contributed by atoms with Gasteiger partial charge in [0, 0.05) is 13.0 Å². The standard InChI is InChI=1S/C20H38O12S/c1-3-5-6-7-8-9-10-28-12-14(30-16(22)4-2)13-29-20-18(24)19(32-33(25,26)27)17(23)15(11-21)31-20/h14-15,17-21,23-24H,3-13H2,1-2H3,(H,25,26,27). The Balaban J connectivity index is 2.62. The first-order valence-corrected chi connectivity index (χ1v) is 12.7. The third kappa shape index (κ3) is 11.9. The molecular weight excluding hydrogens is 464 g/mol. The molecule has 0 aliphatic carbocycles. The molecule has 1 saturated heterocycles. The molecule has 0 spiro atoms. The fourth-order valence-electron chi connectivity index (χ4n) is 3.23. The molecule has 0 amide bonds. The van der Waals surface area contributed by atoms with Crippen LogP contribution in [0.4, 0.5) is 0 Å². The van der Waals surface area contributed by atoms with Crippen LogP contribution in [0, 0.1) is 0 Å². The minimum absolute atomic E-state index is 0.0283. The summed E-state index contributed by atoms with van der Waals surface area (Å²) in [6.07, 6.45) is -2.52. The lowest BCUT2D eigenvalue weighted by atomic mass is 9.99. The summed E-state index contributed by atoms with van der Waals surface area (Å²) in [5.41, 5.74) is 0. The molecular formula is C20H38O12S. The van der Waals surface area contributed by atoms with E-state index in [1.165, 1.54) is 19.3 Å². The predicted molar refractivity (Wildman–Crippen MR) is 115 cm³/mol. The van der Waals surface area contributed by atoms with Crippen LogP contribution in [0.5, 0.6) is 0 Å². The van der Waals surface area contributed by atoms with Crippen LogP contribution in [0.1, 0.15) is 58.8 Å². The monoisotopic (exact) mass is 502 g/mol. The average molecular weight is 503 g/mol. The molecule has 1 aliphatic rings. The van der Waals surface area contributed by atoms with Gasteiger partial charge in [0.05, 0.1) is 19.8 Å². The van der Waals surface area contributed by atoms with Gasteiger partial charge in [0.25, 0.3) is 0 Å². The number of unbranched alkanes of at least 4 members (excludes halogenated alkanes) is 5. The lowest BCUT2D eigenvalue weighted by Gasteiger charge is -2.41. The summed E-state index contributed by atoms with van der Waals surface area (Å²) in [6.45, 7) is 3.24. The number of rotatable bonds is 17. The Hall–Kier alpha value is -0.900. The molecule has 0 aromatic carbocycles. The molecule has 6 atom stereocenters. The molecule has 13 heteroatoms. The highest BCUT2D eigenvalue weighted by atomic mass is 32.3. The van der Waals surface area contributed by atoms with Crippen molar-refractivity contribution in [2.45, 2.75) is 95.6 Å². The van der Waals surface area contributed by atoms with Gasteiger partial charge in [-0.05, 0) is 6.42 Å². The first-order chi connectivity index (χ1) is 15.6. The largest absolute Gasteiger partial charge is 0.457 e. The van der Waals surface area contributed by atoms with Crippen molar-refractivity contribution < 1.29 is 56.2 Å². The molecule has 196 valence electrons. The van der Waals surface area contributed by atoms with Crippen LogP contribution in [-0.4, -0.2) is 97.5 Å². The second-order valence-electron chi connectivity index (χ2n) is 7.84. The Labute approximate surface area is 195 Å². The number of ether oxygens (including phenoxy) is 4. The van der Waals surface area contributed by atoms with Crippen molar-refractivity contribution in [3.05, 3.63) is 0 Å². The van der Waals surface area contributed by atoms with Gasteiger partial charge in [-0.2, -0.15) is 8.42 Å². The number of aliphatic hydroxyl groups excluding tert-OH is 3. The number of carbonyl (C=O) groups excluding carboxylic acids is 1. The van der Waals surface area contributed by atoms with Crippen LogP contribution in [0.3, 0.4) is 0 Å². The quantitative estimate of drug-likeness (QED) is 0.122. The summed E-state index contributed by atoms with van der Waals surface area (Å²) in [6, 6.07) is 0. The maximum Gasteiger partial charge on any atom is 0.397 e. The Kier molecular flexibility index (Phi) is 14.5. The van der Waals surface area contributed by atoms with E-state index in [-0.39, 0.29) is 19.6 Å². The molecule has 33 heavy (non-hydrogen) atoms. The van der Waals surface area contributed by atoms with Crippen molar-refractivity contribution in [1.29, 1.82) is 0 Å². The van der Waals surface area contributed by atoms with E-state index in [0.29, 0.717) is 6.61 Å². The zero-order chi connectivity index (χ0) is 24.9. The van der Waals surface area contributed by atoms with Crippen molar-refractivity contribution >= 4 is 16.4 Å². The van der Waals surface area contributed by atoms with Crippen LogP contribution in [-0.2, 0) is 38.3 Å². The van der Waals surface area contributed by atoms with Gasteiger partial charge >= 0.3 is 16.4 Å². The lowest BCUT2D eigenvalue weighted by Crippen LogP contribution is -2.60. The summed E-state index contributed by atoms with van der Waals surface area (Å²) < 4.78 is 56.9. The van der Waals surface area contributed by atoms with Gasteiger partial charge in [-0.15, -0.1) is 0 Å². The van der Waals surface area contributed by atoms with E-state index in [9.17, 15) is 28.5 Å². The summed E-state index contributed by atoms with van der Waals surface area (Å²) in [4.78, 5) is 11.7. The van der Waals surface area contributed by atoms with Gasteiger partial charge in [0.2, 0.25) is 0 Å². The van der Waals surface area contributed by atoms with E-state index in [2.05, 4.69) is 11.1 Å². The fraction of sp³-hybridized carbons (Fsp3) is 0.950. The minimum atomic E-state index is -5.02. The third-order valence-electron chi connectivity index (χ3n) is 5.03. The second-order valence-corrected chi connectivity index (χ2v) is 8.88. The SMILES string of the molecule is CCCCCCCCOCC(COC1OC(CO)C(O)C(OS(=O)(=O)O)C1O)OC(=O)CC.